The van der Waals surface area contributed by atoms with Crippen LogP contribution in [0.3, 0.4) is 0 Å². The van der Waals surface area contributed by atoms with Crippen LogP contribution in [0.5, 0.6) is 5.75 Å². The number of amides is 1. The fourth-order valence-electron chi connectivity index (χ4n) is 1.21. The molecule has 0 radical (unpaired) electrons. The molecule has 0 aliphatic rings. The zero-order valence-electron chi connectivity index (χ0n) is 11.1. The maximum atomic E-state index is 11.6. The Kier molecular flexibility index (Phi) is 5.65. The van der Waals surface area contributed by atoms with Crippen molar-refractivity contribution in [3.8, 4) is 5.75 Å². The van der Waals surface area contributed by atoms with Crippen molar-refractivity contribution < 1.29 is 19.4 Å². The molecule has 0 unspecified atom stereocenters. The number of halogens is 2. The number of ether oxygens (including phenoxy) is 1. The molecule has 1 amide bonds. The van der Waals surface area contributed by atoms with Gasteiger partial charge in [0, 0.05) is 16.6 Å². The van der Waals surface area contributed by atoms with Crippen molar-refractivity contribution in [1.29, 1.82) is 0 Å². The molecule has 0 saturated heterocycles. The molecule has 0 aliphatic carbocycles. The predicted molar refractivity (Wildman–Crippen MR) is 76.4 cm³/mol. The molecule has 0 heterocycles. The van der Waals surface area contributed by atoms with E-state index in [1.165, 1.54) is 26.0 Å². The van der Waals surface area contributed by atoms with Crippen LogP contribution in [0.2, 0.25) is 10.0 Å². The van der Waals surface area contributed by atoms with Crippen LogP contribution in [0.25, 0.3) is 0 Å². The second-order valence-electron chi connectivity index (χ2n) is 4.86. The second-order valence-corrected chi connectivity index (χ2v) is 5.73. The summed E-state index contributed by atoms with van der Waals surface area (Å²) in [5, 5.41) is 12.2. The van der Waals surface area contributed by atoms with E-state index in [1.807, 2.05) is 0 Å². The number of carboxylic acids is 1. The number of aliphatic carboxylic acids is 1. The summed E-state index contributed by atoms with van der Waals surface area (Å²) < 4.78 is 5.23. The average molecular weight is 320 g/mol. The molecule has 1 aromatic carbocycles. The third kappa shape index (κ3) is 5.27. The summed E-state index contributed by atoms with van der Waals surface area (Å²) in [5.74, 6) is -1.04. The van der Waals surface area contributed by atoms with Gasteiger partial charge in [-0.1, -0.05) is 23.2 Å². The number of carbonyl (C=O) groups excluding carboxylic acids is 1. The number of carbonyl (C=O) groups is 2. The Balaban J connectivity index is 2.46. The molecule has 0 aliphatic heterocycles. The lowest BCUT2D eigenvalue weighted by atomic mass is 9.94. The van der Waals surface area contributed by atoms with Gasteiger partial charge in [-0.3, -0.25) is 9.59 Å². The first kappa shape index (κ1) is 16.6. The van der Waals surface area contributed by atoms with Crippen molar-refractivity contribution in [1.82, 2.24) is 5.32 Å². The fraction of sp³-hybridized carbons (Fsp3) is 0.385. The number of hydrogen-bond acceptors (Lipinski definition) is 3. The van der Waals surface area contributed by atoms with E-state index in [1.54, 1.807) is 6.07 Å². The molecule has 2 N–H and O–H groups in total. The van der Waals surface area contributed by atoms with Gasteiger partial charge in [-0.2, -0.15) is 0 Å². The summed E-state index contributed by atoms with van der Waals surface area (Å²) in [6.45, 7) is 2.81. The lowest BCUT2D eigenvalue weighted by Crippen LogP contribution is -2.40. The minimum Gasteiger partial charge on any atom is -0.484 e. The maximum Gasteiger partial charge on any atom is 0.310 e. The number of rotatable bonds is 6. The van der Waals surface area contributed by atoms with Crippen molar-refractivity contribution in [3.63, 3.8) is 0 Å². The van der Waals surface area contributed by atoms with E-state index in [9.17, 15) is 9.59 Å². The van der Waals surface area contributed by atoms with Crippen LogP contribution in [-0.2, 0) is 9.59 Å². The number of hydrogen-bond donors (Lipinski definition) is 2. The van der Waals surface area contributed by atoms with Crippen molar-refractivity contribution in [2.75, 3.05) is 13.2 Å². The van der Waals surface area contributed by atoms with Gasteiger partial charge >= 0.3 is 5.97 Å². The molecule has 0 fully saturated rings. The van der Waals surface area contributed by atoms with Gasteiger partial charge < -0.3 is 15.2 Å². The number of benzene rings is 1. The minimum absolute atomic E-state index is 0.0147. The lowest BCUT2D eigenvalue weighted by molar-refractivity contribution is -0.146. The smallest absolute Gasteiger partial charge is 0.310 e. The quantitative estimate of drug-likeness (QED) is 0.845. The van der Waals surface area contributed by atoms with Gasteiger partial charge in [0.1, 0.15) is 5.75 Å². The highest BCUT2D eigenvalue weighted by molar-refractivity contribution is 6.34. The van der Waals surface area contributed by atoms with Crippen LogP contribution < -0.4 is 10.1 Å². The normalized spacial score (nSPS) is 11.0. The highest BCUT2D eigenvalue weighted by atomic mass is 35.5. The molecule has 7 heteroatoms. The van der Waals surface area contributed by atoms with E-state index in [2.05, 4.69) is 5.32 Å². The zero-order valence-corrected chi connectivity index (χ0v) is 12.6. The molecule has 1 rings (SSSR count). The lowest BCUT2D eigenvalue weighted by Gasteiger charge is -2.19. The molecule has 5 nitrogen and oxygen atoms in total. The van der Waals surface area contributed by atoms with Crippen LogP contribution in [0.1, 0.15) is 13.8 Å². The van der Waals surface area contributed by atoms with Crippen LogP contribution in [0, 0.1) is 5.41 Å². The van der Waals surface area contributed by atoms with Gasteiger partial charge in [0.2, 0.25) is 0 Å². The Hall–Kier alpha value is -1.46. The van der Waals surface area contributed by atoms with Crippen molar-refractivity contribution in [3.05, 3.63) is 28.2 Å². The Morgan fingerprint density at radius 1 is 1.25 bits per heavy atom. The average Bonchev–Trinajstić information content (AvgIpc) is 2.32. The summed E-state index contributed by atoms with van der Waals surface area (Å²) in [5.41, 5.74) is -1.03. The summed E-state index contributed by atoms with van der Waals surface area (Å²) in [7, 11) is 0. The molecule has 1 aromatic rings. The Bertz CT molecular complexity index is 497. The largest absolute Gasteiger partial charge is 0.484 e. The molecule has 0 atom stereocenters. The van der Waals surface area contributed by atoms with E-state index < -0.39 is 17.3 Å². The van der Waals surface area contributed by atoms with Gasteiger partial charge in [0.05, 0.1) is 5.41 Å². The Morgan fingerprint density at radius 3 is 2.30 bits per heavy atom. The predicted octanol–water partition coefficient (Wildman–Crippen LogP) is 2.60. The summed E-state index contributed by atoms with van der Waals surface area (Å²) >= 11 is 11.6. The molecule has 110 valence electrons. The second kappa shape index (κ2) is 6.81. The molecule has 0 saturated carbocycles. The third-order valence-corrected chi connectivity index (χ3v) is 2.95. The first-order chi connectivity index (χ1) is 9.20. The highest BCUT2D eigenvalue weighted by Gasteiger charge is 2.27. The molecule has 0 spiro atoms. The van der Waals surface area contributed by atoms with Gasteiger partial charge in [-0.15, -0.1) is 0 Å². The van der Waals surface area contributed by atoms with E-state index in [0.717, 1.165) is 0 Å². The van der Waals surface area contributed by atoms with Crippen molar-refractivity contribution in [2.45, 2.75) is 13.8 Å². The molecule has 0 aromatic heterocycles. The number of nitrogens with one attached hydrogen (secondary N) is 1. The van der Waals surface area contributed by atoms with Crippen LogP contribution in [0.15, 0.2) is 18.2 Å². The van der Waals surface area contributed by atoms with E-state index in [-0.39, 0.29) is 13.2 Å². The summed E-state index contributed by atoms with van der Waals surface area (Å²) in [6, 6.07) is 4.61. The van der Waals surface area contributed by atoms with Crippen LogP contribution >= 0.6 is 23.2 Å². The van der Waals surface area contributed by atoms with Gasteiger partial charge in [-0.05, 0) is 32.0 Å². The van der Waals surface area contributed by atoms with Gasteiger partial charge in [0.25, 0.3) is 5.91 Å². The van der Waals surface area contributed by atoms with Crippen molar-refractivity contribution >= 4 is 35.1 Å². The highest BCUT2D eigenvalue weighted by Crippen LogP contribution is 2.24. The van der Waals surface area contributed by atoms with E-state index in [4.69, 9.17) is 33.0 Å². The van der Waals surface area contributed by atoms with E-state index in [0.29, 0.717) is 15.8 Å². The molecular formula is C13H15Cl2NO4. The number of carboxylic acid groups (broad SMARTS) is 1. The molecule has 0 bridgehead atoms. The van der Waals surface area contributed by atoms with Gasteiger partial charge in [-0.25, -0.2) is 0 Å². The standard InChI is InChI=1S/C13H15Cl2NO4/c1-13(2,12(18)19)7-16-11(17)6-20-10-4-8(14)3-9(15)5-10/h3-5H,6-7H2,1-2H3,(H,16,17)(H,18,19). The van der Waals surface area contributed by atoms with Gasteiger partial charge in [0.15, 0.2) is 6.61 Å². The molecule has 20 heavy (non-hydrogen) atoms. The zero-order chi connectivity index (χ0) is 15.3. The van der Waals surface area contributed by atoms with Crippen LogP contribution in [0.4, 0.5) is 0 Å². The monoisotopic (exact) mass is 319 g/mol. The van der Waals surface area contributed by atoms with E-state index >= 15 is 0 Å². The maximum absolute atomic E-state index is 11.6. The first-order valence-corrected chi connectivity index (χ1v) is 6.55. The molecular weight excluding hydrogens is 305 g/mol. The minimum atomic E-state index is -1.03. The topological polar surface area (TPSA) is 75.6 Å². The Morgan fingerprint density at radius 2 is 1.80 bits per heavy atom. The Labute approximate surface area is 126 Å². The third-order valence-electron chi connectivity index (χ3n) is 2.51. The van der Waals surface area contributed by atoms with Crippen molar-refractivity contribution in [2.24, 2.45) is 5.41 Å². The van der Waals surface area contributed by atoms with Crippen LogP contribution in [-0.4, -0.2) is 30.1 Å². The first-order valence-electron chi connectivity index (χ1n) is 5.80. The fourth-order valence-corrected chi connectivity index (χ4v) is 1.71. The summed E-state index contributed by atoms with van der Waals surface area (Å²) in [6.07, 6.45) is 0. The SMILES string of the molecule is CC(C)(CNC(=O)COc1cc(Cl)cc(Cl)c1)C(=O)O. The summed E-state index contributed by atoms with van der Waals surface area (Å²) in [4.78, 5) is 22.4.